The number of nitrogens with one attached hydrogen (secondary N) is 1. The molecular weight excluding hydrogens is 398 g/mol. The Morgan fingerprint density at radius 3 is 2.63 bits per heavy atom. The van der Waals surface area contributed by atoms with Crippen LogP contribution in [0.4, 0.5) is 0 Å². The molecule has 0 bridgehead atoms. The van der Waals surface area contributed by atoms with Crippen LogP contribution in [0.3, 0.4) is 0 Å². The van der Waals surface area contributed by atoms with E-state index in [9.17, 15) is 9.59 Å². The molecule has 1 fully saturated rings. The molecule has 7 heteroatoms. The Bertz CT molecular complexity index is 776. The van der Waals surface area contributed by atoms with Crippen molar-refractivity contribution in [2.45, 2.75) is 32.4 Å². The van der Waals surface area contributed by atoms with Crippen LogP contribution in [0.15, 0.2) is 47.8 Å². The lowest BCUT2D eigenvalue weighted by atomic mass is 10.1. The van der Waals surface area contributed by atoms with Gasteiger partial charge in [0.25, 0.3) is 5.91 Å². The Morgan fingerprint density at radius 1 is 1.17 bits per heavy atom. The minimum atomic E-state index is -0.0701. The summed E-state index contributed by atoms with van der Waals surface area (Å²) in [5, 5.41) is 4.79. The SMILES string of the molecule is CC(CN1CCOCC1)N(Cc1ccccc1)C(=O)CCCNC(=O)c1cccs1. The van der Waals surface area contributed by atoms with Crippen molar-refractivity contribution in [3.63, 3.8) is 0 Å². The third kappa shape index (κ3) is 6.93. The van der Waals surface area contributed by atoms with Gasteiger partial charge in [-0.3, -0.25) is 14.5 Å². The monoisotopic (exact) mass is 429 g/mol. The summed E-state index contributed by atoms with van der Waals surface area (Å²) in [5.74, 6) is 0.0595. The zero-order chi connectivity index (χ0) is 21.2. The molecule has 1 aliphatic rings. The number of rotatable bonds is 10. The van der Waals surface area contributed by atoms with Gasteiger partial charge in [-0.05, 0) is 30.4 Å². The summed E-state index contributed by atoms with van der Waals surface area (Å²) in [5.41, 5.74) is 1.13. The summed E-state index contributed by atoms with van der Waals surface area (Å²) >= 11 is 1.42. The minimum Gasteiger partial charge on any atom is -0.379 e. The highest BCUT2D eigenvalue weighted by Gasteiger charge is 2.23. The number of carbonyl (C=O) groups is 2. The number of thiophene rings is 1. The molecule has 2 heterocycles. The summed E-state index contributed by atoms with van der Waals surface area (Å²) in [6.45, 7) is 7.39. The normalized spacial score (nSPS) is 15.5. The smallest absolute Gasteiger partial charge is 0.261 e. The van der Waals surface area contributed by atoms with E-state index in [2.05, 4.69) is 29.3 Å². The van der Waals surface area contributed by atoms with Crippen LogP contribution in [-0.4, -0.2) is 67.0 Å². The maximum Gasteiger partial charge on any atom is 0.261 e. The Morgan fingerprint density at radius 2 is 1.93 bits per heavy atom. The average Bonchev–Trinajstić information content (AvgIpc) is 3.31. The van der Waals surface area contributed by atoms with E-state index in [1.165, 1.54) is 11.3 Å². The summed E-state index contributed by atoms with van der Waals surface area (Å²) in [6.07, 6.45) is 1.05. The zero-order valence-electron chi connectivity index (χ0n) is 17.6. The molecule has 3 rings (SSSR count). The first-order valence-electron chi connectivity index (χ1n) is 10.6. The van der Waals surface area contributed by atoms with Gasteiger partial charge in [0.05, 0.1) is 18.1 Å². The number of ether oxygens (including phenoxy) is 1. The number of benzene rings is 1. The van der Waals surface area contributed by atoms with E-state index in [1.807, 2.05) is 34.5 Å². The number of hydrogen-bond acceptors (Lipinski definition) is 5. The van der Waals surface area contributed by atoms with E-state index in [0.29, 0.717) is 30.8 Å². The quantitative estimate of drug-likeness (QED) is 0.590. The third-order valence-electron chi connectivity index (χ3n) is 5.27. The predicted octanol–water partition coefficient (Wildman–Crippen LogP) is 3.01. The van der Waals surface area contributed by atoms with Crippen LogP contribution in [0.1, 0.15) is 35.0 Å². The van der Waals surface area contributed by atoms with Gasteiger partial charge in [0.2, 0.25) is 5.91 Å². The van der Waals surface area contributed by atoms with E-state index < -0.39 is 0 Å². The van der Waals surface area contributed by atoms with Crippen molar-refractivity contribution >= 4 is 23.2 Å². The van der Waals surface area contributed by atoms with Crippen molar-refractivity contribution in [1.82, 2.24) is 15.1 Å². The lowest BCUT2D eigenvalue weighted by Gasteiger charge is -2.35. The second-order valence-electron chi connectivity index (χ2n) is 7.61. The molecule has 1 aromatic carbocycles. The standard InChI is InChI=1S/C23H31N3O3S/c1-19(17-25-12-14-29-15-13-25)26(18-20-7-3-2-4-8-20)22(27)10-5-11-24-23(28)21-9-6-16-30-21/h2-4,6-9,16,19H,5,10-15,17-18H2,1H3,(H,24,28). The number of amides is 2. The molecule has 1 N–H and O–H groups in total. The second-order valence-corrected chi connectivity index (χ2v) is 8.55. The van der Waals surface area contributed by atoms with Crippen LogP contribution < -0.4 is 5.32 Å². The molecule has 6 nitrogen and oxygen atoms in total. The molecule has 2 amide bonds. The van der Waals surface area contributed by atoms with Gasteiger partial charge in [-0.15, -0.1) is 11.3 Å². The van der Waals surface area contributed by atoms with Crippen molar-refractivity contribution in [3.05, 3.63) is 58.3 Å². The summed E-state index contributed by atoms with van der Waals surface area (Å²) in [7, 11) is 0. The van der Waals surface area contributed by atoms with Gasteiger partial charge in [0, 0.05) is 45.2 Å². The van der Waals surface area contributed by atoms with Crippen molar-refractivity contribution in [2.24, 2.45) is 0 Å². The fourth-order valence-corrected chi connectivity index (χ4v) is 4.25. The average molecular weight is 430 g/mol. The van der Waals surface area contributed by atoms with E-state index in [4.69, 9.17) is 4.74 Å². The zero-order valence-corrected chi connectivity index (χ0v) is 18.4. The fraction of sp³-hybridized carbons (Fsp3) is 0.478. The van der Waals surface area contributed by atoms with Gasteiger partial charge in [0.1, 0.15) is 0 Å². The van der Waals surface area contributed by atoms with Crippen molar-refractivity contribution in [3.8, 4) is 0 Å². The van der Waals surface area contributed by atoms with Crippen molar-refractivity contribution < 1.29 is 14.3 Å². The van der Waals surface area contributed by atoms with Gasteiger partial charge in [-0.2, -0.15) is 0 Å². The molecule has 0 saturated carbocycles. The Hall–Kier alpha value is -2.22. The summed E-state index contributed by atoms with van der Waals surface area (Å²) in [6, 6.07) is 13.9. The molecule has 162 valence electrons. The van der Waals surface area contributed by atoms with Crippen LogP contribution in [-0.2, 0) is 16.1 Å². The van der Waals surface area contributed by atoms with Gasteiger partial charge in [0.15, 0.2) is 0 Å². The van der Waals surface area contributed by atoms with E-state index in [-0.39, 0.29) is 17.9 Å². The summed E-state index contributed by atoms with van der Waals surface area (Å²) in [4.78, 5) is 30.2. The van der Waals surface area contributed by atoms with E-state index in [1.54, 1.807) is 6.07 Å². The first-order valence-corrected chi connectivity index (χ1v) is 11.5. The van der Waals surface area contributed by atoms with Gasteiger partial charge < -0.3 is 15.0 Å². The van der Waals surface area contributed by atoms with Gasteiger partial charge in [-0.25, -0.2) is 0 Å². The van der Waals surface area contributed by atoms with Crippen molar-refractivity contribution in [2.75, 3.05) is 39.4 Å². The molecule has 1 saturated heterocycles. The fourth-order valence-electron chi connectivity index (χ4n) is 3.61. The molecule has 0 radical (unpaired) electrons. The molecule has 30 heavy (non-hydrogen) atoms. The summed E-state index contributed by atoms with van der Waals surface area (Å²) < 4.78 is 5.44. The minimum absolute atomic E-state index is 0.0701. The molecule has 1 unspecified atom stereocenters. The van der Waals surface area contributed by atoms with Crippen LogP contribution in [0, 0.1) is 0 Å². The molecule has 1 aromatic heterocycles. The highest BCUT2D eigenvalue weighted by molar-refractivity contribution is 7.12. The van der Waals surface area contributed by atoms with Crippen LogP contribution in [0.2, 0.25) is 0 Å². The Kier molecular flexibility index (Phi) is 8.86. The van der Waals surface area contributed by atoms with Crippen LogP contribution in [0.25, 0.3) is 0 Å². The van der Waals surface area contributed by atoms with E-state index >= 15 is 0 Å². The maximum absolute atomic E-state index is 13.1. The lowest BCUT2D eigenvalue weighted by Crippen LogP contribution is -2.48. The molecule has 0 aliphatic carbocycles. The first kappa shape index (κ1) is 22.5. The maximum atomic E-state index is 13.1. The topological polar surface area (TPSA) is 61.9 Å². The van der Waals surface area contributed by atoms with Crippen LogP contribution >= 0.6 is 11.3 Å². The number of morpholine rings is 1. The largest absolute Gasteiger partial charge is 0.379 e. The van der Waals surface area contributed by atoms with Gasteiger partial charge in [-0.1, -0.05) is 36.4 Å². The van der Waals surface area contributed by atoms with Gasteiger partial charge >= 0.3 is 0 Å². The second kappa shape index (κ2) is 11.8. The van der Waals surface area contributed by atoms with Crippen LogP contribution in [0.5, 0.6) is 0 Å². The number of hydrogen-bond donors (Lipinski definition) is 1. The molecule has 2 aromatic rings. The Labute approximate surface area is 182 Å². The predicted molar refractivity (Wildman–Crippen MR) is 120 cm³/mol. The number of nitrogens with zero attached hydrogens (tertiary/aromatic N) is 2. The third-order valence-corrected chi connectivity index (χ3v) is 6.14. The molecule has 0 spiro atoms. The van der Waals surface area contributed by atoms with E-state index in [0.717, 1.165) is 38.4 Å². The molecule has 1 atom stereocenters. The number of carbonyl (C=O) groups excluding carboxylic acids is 2. The molecule has 1 aliphatic heterocycles. The van der Waals surface area contributed by atoms with Crippen molar-refractivity contribution in [1.29, 1.82) is 0 Å². The highest BCUT2D eigenvalue weighted by atomic mass is 32.1. The highest BCUT2D eigenvalue weighted by Crippen LogP contribution is 2.13. The lowest BCUT2D eigenvalue weighted by molar-refractivity contribution is -0.134. The molecular formula is C23H31N3O3S. The first-order chi connectivity index (χ1) is 14.6. The Balaban J connectivity index is 1.53.